The zero-order valence-electron chi connectivity index (χ0n) is 15.5. The molecule has 0 fully saturated rings. The van der Waals surface area contributed by atoms with Crippen molar-refractivity contribution in [2.24, 2.45) is 0 Å². The average molecular weight is 414 g/mol. The van der Waals surface area contributed by atoms with Crippen LogP contribution in [0.25, 0.3) is 22.2 Å². The van der Waals surface area contributed by atoms with E-state index in [-0.39, 0.29) is 28.6 Å². The number of alkyl halides is 3. The van der Waals surface area contributed by atoms with Crippen LogP contribution in [0.3, 0.4) is 0 Å². The summed E-state index contributed by atoms with van der Waals surface area (Å²) in [6.07, 6.45) is -3.06. The Labute approximate surface area is 168 Å². The van der Waals surface area contributed by atoms with Crippen LogP contribution in [-0.2, 0) is 6.18 Å². The van der Waals surface area contributed by atoms with Crippen LogP contribution in [0.1, 0.15) is 11.4 Å². The molecule has 0 saturated heterocycles. The number of nitrogen functional groups attached to an aromatic ring is 1. The van der Waals surface area contributed by atoms with Crippen LogP contribution in [0.2, 0.25) is 0 Å². The molecule has 0 aliphatic rings. The lowest BCUT2D eigenvalue weighted by atomic mass is 10.1. The number of nitrogens with zero attached hydrogens (tertiary/aromatic N) is 3. The lowest BCUT2D eigenvalue weighted by Gasteiger charge is -2.14. The summed E-state index contributed by atoms with van der Waals surface area (Å²) in [5, 5.41) is 0.827. The number of halogens is 4. The summed E-state index contributed by atoms with van der Waals surface area (Å²) in [6, 6.07) is 11.1. The Balaban J connectivity index is 1.80. The first kappa shape index (κ1) is 19.6. The molecular weight excluding hydrogens is 400 g/mol. The second kappa shape index (κ2) is 7.25. The molecule has 30 heavy (non-hydrogen) atoms. The van der Waals surface area contributed by atoms with Crippen LogP contribution >= 0.6 is 0 Å². The van der Waals surface area contributed by atoms with Gasteiger partial charge in [-0.05, 0) is 37.3 Å². The van der Waals surface area contributed by atoms with Gasteiger partial charge in [0.15, 0.2) is 5.75 Å². The second-order valence-electron chi connectivity index (χ2n) is 6.46. The summed E-state index contributed by atoms with van der Waals surface area (Å²) >= 11 is 0. The van der Waals surface area contributed by atoms with Crippen molar-refractivity contribution in [1.29, 1.82) is 0 Å². The molecule has 4 aromatic rings. The number of rotatable bonds is 3. The Kier molecular flexibility index (Phi) is 4.73. The summed E-state index contributed by atoms with van der Waals surface area (Å²) in [7, 11) is 0. The van der Waals surface area contributed by atoms with Gasteiger partial charge in [0.1, 0.15) is 28.5 Å². The average Bonchev–Trinajstić information content (AvgIpc) is 2.70. The van der Waals surface area contributed by atoms with E-state index in [2.05, 4.69) is 15.0 Å². The van der Waals surface area contributed by atoms with Gasteiger partial charge >= 0.3 is 6.18 Å². The second-order valence-corrected chi connectivity index (χ2v) is 6.46. The number of pyridine rings is 1. The monoisotopic (exact) mass is 414 g/mol. The Morgan fingerprint density at radius 3 is 2.50 bits per heavy atom. The quantitative estimate of drug-likeness (QED) is 0.446. The SMILES string of the molecule is Cc1nc(Oc2cccc3cccnc23)c(N)c(-c2ccc(C(F)(F)F)cc2F)n1. The molecule has 9 heteroatoms. The highest BCUT2D eigenvalue weighted by atomic mass is 19.4. The van der Waals surface area contributed by atoms with Crippen molar-refractivity contribution in [3.63, 3.8) is 0 Å². The van der Waals surface area contributed by atoms with Crippen molar-refractivity contribution >= 4 is 16.6 Å². The van der Waals surface area contributed by atoms with Crippen molar-refractivity contribution in [3.05, 3.63) is 71.9 Å². The first-order valence-corrected chi connectivity index (χ1v) is 8.77. The third-order valence-electron chi connectivity index (χ3n) is 4.38. The lowest BCUT2D eigenvalue weighted by Crippen LogP contribution is -2.07. The number of nitrogens with two attached hydrogens (primary N) is 1. The van der Waals surface area contributed by atoms with Gasteiger partial charge in [0.2, 0.25) is 5.88 Å². The number of fused-ring (bicyclic) bond motifs is 1. The molecular formula is C21H14F4N4O. The molecule has 5 nitrogen and oxygen atoms in total. The zero-order valence-corrected chi connectivity index (χ0v) is 15.5. The minimum absolute atomic E-state index is 0.0463. The van der Waals surface area contributed by atoms with Crippen LogP contribution in [0.15, 0.2) is 54.7 Å². The van der Waals surface area contributed by atoms with E-state index in [1.165, 1.54) is 0 Å². The molecule has 0 spiro atoms. The highest BCUT2D eigenvalue weighted by Crippen LogP contribution is 2.38. The third kappa shape index (κ3) is 3.61. The van der Waals surface area contributed by atoms with Gasteiger partial charge < -0.3 is 10.5 Å². The number of aryl methyl sites for hydroxylation is 1. The number of hydrogen-bond donors (Lipinski definition) is 1. The fraction of sp³-hybridized carbons (Fsp3) is 0.0952. The van der Waals surface area contributed by atoms with Gasteiger partial charge in [-0.15, -0.1) is 0 Å². The normalized spacial score (nSPS) is 11.6. The molecule has 0 aliphatic heterocycles. The molecule has 0 radical (unpaired) electrons. The minimum Gasteiger partial charge on any atom is -0.435 e. The van der Waals surface area contributed by atoms with Crippen molar-refractivity contribution in [3.8, 4) is 22.9 Å². The molecule has 0 bridgehead atoms. The number of para-hydroxylation sites is 1. The standard InChI is InChI=1S/C21H14F4N4O/c1-11-28-19(14-8-7-13(10-15(14)22)21(23,24)25)17(26)20(29-11)30-16-6-2-4-12-5-3-9-27-18(12)16/h2-10H,26H2,1H3. The van der Waals surface area contributed by atoms with Gasteiger partial charge in [-0.3, -0.25) is 4.98 Å². The highest BCUT2D eigenvalue weighted by Gasteiger charge is 2.31. The molecule has 2 N–H and O–H groups in total. The van der Waals surface area contributed by atoms with E-state index in [1.807, 2.05) is 12.1 Å². The number of benzene rings is 2. The Morgan fingerprint density at radius 2 is 1.77 bits per heavy atom. The molecule has 2 aromatic heterocycles. The number of aromatic nitrogens is 3. The Bertz CT molecular complexity index is 1250. The molecule has 0 unspecified atom stereocenters. The first-order chi connectivity index (χ1) is 14.2. The van der Waals surface area contributed by atoms with Crippen LogP contribution in [0.5, 0.6) is 11.6 Å². The maximum Gasteiger partial charge on any atom is 0.416 e. The minimum atomic E-state index is -4.66. The zero-order chi connectivity index (χ0) is 21.5. The number of hydrogen-bond acceptors (Lipinski definition) is 5. The van der Waals surface area contributed by atoms with Gasteiger partial charge in [-0.25, -0.2) is 9.37 Å². The fourth-order valence-corrected chi connectivity index (χ4v) is 2.98. The number of anilines is 1. The molecule has 152 valence electrons. The summed E-state index contributed by atoms with van der Waals surface area (Å²) < 4.78 is 58.8. The molecule has 2 heterocycles. The van der Waals surface area contributed by atoms with Gasteiger partial charge in [0.05, 0.1) is 5.56 Å². The van der Waals surface area contributed by atoms with Gasteiger partial charge in [0, 0.05) is 17.1 Å². The summed E-state index contributed by atoms with van der Waals surface area (Å²) in [6.45, 7) is 1.54. The van der Waals surface area contributed by atoms with Crippen molar-refractivity contribution < 1.29 is 22.3 Å². The largest absolute Gasteiger partial charge is 0.435 e. The first-order valence-electron chi connectivity index (χ1n) is 8.77. The maximum absolute atomic E-state index is 14.5. The predicted octanol–water partition coefficient (Wildman–Crippen LogP) is 5.53. The van der Waals surface area contributed by atoms with Gasteiger partial charge in [-0.1, -0.05) is 18.2 Å². The molecule has 0 saturated carbocycles. The van der Waals surface area contributed by atoms with E-state index in [4.69, 9.17) is 10.5 Å². The van der Waals surface area contributed by atoms with Crippen molar-refractivity contribution in [2.45, 2.75) is 13.1 Å². The molecule has 0 aliphatic carbocycles. The smallest absolute Gasteiger partial charge is 0.416 e. The Morgan fingerprint density at radius 1 is 1.00 bits per heavy atom. The molecule has 0 atom stereocenters. The molecule has 2 aromatic carbocycles. The van der Waals surface area contributed by atoms with Crippen LogP contribution in [0.4, 0.5) is 23.2 Å². The fourth-order valence-electron chi connectivity index (χ4n) is 2.98. The maximum atomic E-state index is 14.5. The predicted molar refractivity (Wildman–Crippen MR) is 103 cm³/mol. The topological polar surface area (TPSA) is 73.9 Å². The number of ether oxygens (including phenoxy) is 1. The van der Waals surface area contributed by atoms with Crippen LogP contribution < -0.4 is 10.5 Å². The Hall–Kier alpha value is -3.75. The summed E-state index contributed by atoms with van der Waals surface area (Å²) in [5.41, 5.74) is 5.22. The lowest BCUT2D eigenvalue weighted by molar-refractivity contribution is -0.137. The summed E-state index contributed by atoms with van der Waals surface area (Å²) in [5.74, 6) is -0.569. The van der Waals surface area contributed by atoms with Crippen LogP contribution in [0, 0.1) is 12.7 Å². The van der Waals surface area contributed by atoms with E-state index in [0.29, 0.717) is 17.3 Å². The van der Waals surface area contributed by atoms with E-state index in [9.17, 15) is 17.6 Å². The molecule has 0 amide bonds. The van der Waals surface area contributed by atoms with Gasteiger partial charge in [0.25, 0.3) is 0 Å². The van der Waals surface area contributed by atoms with Crippen molar-refractivity contribution in [2.75, 3.05) is 5.73 Å². The molecule has 4 rings (SSSR count). The van der Waals surface area contributed by atoms with E-state index >= 15 is 0 Å². The summed E-state index contributed by atoms with van der Waals surface area (Å²) in [4.78, 5) is 12.5. The van der Waals surface area contributed by atoms with E-state index < -0.39 is 17.6 Å². The highest BCUT2D eigenvalue weighted by molar-refractivity contribution is 5.85. The van der Waals surface area contributed by atoms with E-state index in [0.717, 1.165) is 17.5 Å². The van der Waals surface area contributed by atoms with Crippen molar-refractivity contribution in [1.82, 2.24) is 15.0 Å². The van der Waals surface area contributed by atoms with Gasteiger partial charge in [-0.2, -0.15) is 18.2 Å². The third-order valence-corrected chi connectivity index (χ3v) is 4.38. The van der Waals surface area contributed by atoms with Crippen LogP contribution in [-0.4, -0.2) is 15.0 Å². The van der Waals surface area contributed by atoms with E-state index in [1.54, 1.807) is 31.3 Å².